The summed E-state index contributed by atoms with van der Waals surface area (Å²) in [6, 6.07) is 39.0. The highest BCUT2D eigenvalue weighted by atomic mass is 16.5. The Bertz CT molecular complexity index is 2430. The Morgan fingerprint density at radius 3 is 2.09 bits per heavy atom. The van der Waals surface area contributed by atoms with Crippen molar-refractivity contribution in [3.8, 4) is 28.7 Å². The third-order valence-electron chi connectivity index (χ3n) is 8.14. The lowest BCUT2D eigenvalue weighted by atomic mass is 10.1. The second kappa shape index (κ2) is 9.68. The number of nitrogens with zero attached hydrogens (tertiary/aromatic N) is 6. The molecule has 0 atom stereocenters. The van der Waals surface area contributed by atoms with Gasteiger partial charge in [-0.1, -0.05) is 48.5 Å². The first-order valence-corrected chi connectivity index (χ1v) is 14.4. The molecule has 9 aromatic rings. The average Bonchev–Trinajstić information content (AvgIpc) is 3.78. The molecular formula is C37H24N6O. The van der Waals surface area contributed by atoms with E-state index >= 15 is 0 Å². The van der Waals surface area contributed by atoms with Crippen LogP contribution in [0.3, 0.4) is 0 Å². The van der Waals surface area contributed by atoms with Gasteiger partial charge in [-0.3, -0.25) is 9.55 Å². The van der Waals surface area contributed by atoms with E-state index in [1.807, 2.05) is 84.2 Å². The van der Waals surface area contributed by atoms with Crippen LogP contribution in [0.4, 0.5) is 0 Å². The number of benzene rings is 4. The van der Waals surface area contributed by atoms with Crippen LogP contribution in [-0.4, -0.2) is 28.9 Å². The zero-order valence-corrected chi connectivity index (χ0v) is 23.4. The van der Waals surface area contributed by atoms with Crippen molar-refractivity contribution in [1.29, 1.82) is 0 Å². The molecule has 44 heavy (non-hydrogen) atoms. The van der Waals surface area contributed by atoms with Gasteiger partial charge in [-0.05, 0) is 54.6 Å². The van der Waals surface area contributed by atoms with Crippen LogP contribution in [0.15, 0.2) is 146 Å². The van der Waals surface area contributed by atoms with Crippen molar-refractivity contribution >= 4 is 43.6 Å². The molecule has 0 saturated heterocycles. The number of para-hydroxylation sites is 2. The number of hydrogen-bond donors (Lipinski definition) is 0. The molecule has 0 N–H and O–H groups in total. The van der Waals surface area contributed by atoms with Gasteiger partial charge in [0, 0.05) is 46.1 Å². The third kappa shape index (κ3) is 3.80. The second-order valence-electron chi connectivity index (χ2n) is 10.7. The minimum Gasteiger partial charge on any atom is -0.457 e. The smallest absolute Gasteiger partial charge is 0.137 e. The second-order valence-corrected chi connectivity index (χ2v) is 10.7. The molecule has 0 aliphatic carbocycles. The third-order valence-corrected chi connectivity index (χ3v) is 8.14. The van der Waals surface area contributed by atoms with Gasteiger partial charge in [-0.25, -0.2) is 9.67 Å². The minimum absolute atomic E-state index is 0.723. The first kappa shape index (κ1) is 24.4. The quantitative estimate of drug-likeness (QED) is 0.208. The number of aromatic nitrogens is 6. The highest BCUT2D eigenvalue weighted by Gasteiger charge is 2.15. The Balaban J connectivity index is 1.09. The van der Waals surface area contributed by atoms with Gasteiger partial charge in [-0.2, -0.15) is 5.10 Å². The van der Waals surface area contributed by atoms with Crippen LogP contribution in [0.2, 0.25) is 0 Å². The molecule has 0 aliphatic rings. The lowest BCUT2D eigenvalue weighted by Crippen LogP contribution is -1.97. The fraction of sp³-hybridized carbons (Fsp3) is 0. The molecule has 0 unspecified atom stereocenters. The van der Waals surface area contributed by atoms with Crippen LogP contribution in [0.5, 0.6) is 11.5 Å². The molecular weight excluding hydrogens is 544 g/mol. The highest BCUT2D eigenvalue weighted by Crippen LogP contribution is 2.35. The summed E-state index contributed by atoms with van der Waals surface area (Å²) in [5.41, 5.74) is 6.17. The zero-order valence-electron chi connectivity index (χ0n) is 23.4. The molecule has 7 heteroatoms. The van der Waals surface area contributed by atoms with E-state index in [4.69, 9.17) is 9.84 Å². The first-order valence-electron chi connectivity index (χ1n) is 14.4. The maximum absolute atomic E-state index is 6.44. The predicted molar refractivity (Wildman–Crippen MR) is 174 cm³/mol. The van der Waals surface area contributed by atoms with Gasteiger partial charge in [0.15, 0.2) is 0 Å². The molecule has 7 nitrogen and oxygen atoms in total. The highest BCUT2D eigenvalue weighted by molar-refractivity contribution is 6.10. The lowest BCUT2D eigenvalue weighted by molar-refractivity contribution is 0.483. The van der Waals surface area contributed by atoms with Gasteiger partial charge in [0.2, 0.25) is 0 Å². The molecule has 9 rings (SSSR count). The van der Waals surface area contributed by atoms with Crippen LogP contribution in [0, 0.1) is 0 Å². The summed E-state index contributed by atoms with van der Waals surface area (Å²) in [6.45, 7) is 0. The number of pyridine rings is 2. The first-order chi connectivity index (χ1) is 21.8. The van der Waals surface area contributed by atoms with Gasteiger partial charge in [-0.15, -0.1) is 0 Å². The van der Waals surface area contributed by atoms with Crippen LogP contribution < -0.4 is 4.74 Å². The fourth-order valence-corrected chi connectivity index (χ4v) is 6.24. The molecule has 5 heterocycles. The molecule has 0 fully saturated rings. The summed E-state index contributed by atoms with van der Waals surface area (Å²) < 4.78 is 12.7. The normalized spacial score (nSPS) is 11.6. The summed E-state index contributed by atoms with van der Waals surface area (Å²) in [7, 11) is 0. The van der Waals surface area contributed by atoms with E-state index in [9.17, 15) is 0 Å². The van der Waals surface area contributed by atoms with E-state index in [0.717, 1.165) is 61.5 Å². The Labute approximate surface area is 251 Å². The van der Waals surface area contributed by atoms with Crippen LogP contribution in [0.25, 0.3) is 60.8 Å². The van der Waals surface area contributed by atoms with Gasteiger partial charge >= 0.3 is 0 Å². The monoisotopic (exact) mass is 568 g/mol. The molecule has 5 aromatic heterocycles. The van der Waals surface area contributed by atoms with Crippen molar-refractivity contribution in [1.82, 2.24) is 28.9 Å². The number of fused-ring (bicyclic) bond motifs is 6. The molecule has 0 saturated carbocycles. The molecule has 0 spiro atoms. The molecule has 0 aliphatic heterocycles. The van der Waals surface area contributed by atoms with E-state index < -0.39 is 0 Å². The number of ether oxygens (including phenoxy) is 1. The Hall–Kier alpha value is -6.21. The summed E-state index contributed by atoms with van der Waals surface area (Å²) in [5.74, 6) is 2.33. The van der Waals surface area contributed by atoms with Crippen molar-refractivity contribution in [3.63, 3.8) is 0 Å². The Morgan fingerprint density at radius 1 is 0.500 bits per heavy atom. The summed E-state index contributed by atoms with van der Waals surface area (Å²) in [5, 5.41) is 9.40. The van der Waals surface area contributed by atoms with Crippen molar-refractivity contribution < 1.29 is 4.74 Å². The van der Waals surface area contributed by atoms with Crippen LogP contribution in [0.1, 0.15) is 0 Å². The predicted octanol–water partition coefficient (Wildman–Crippen LogP) is 8.65. The van der Waals surface area contributed by atoms with Crippen LogP contribution in [-0.2, 0) is 0 Å². The van der Waals surface area contributed by atoms with Gasteiger partial charge in [0.25, 0.3) is 0 Å². The largest absolute Gasteiger partial charge is 0.457 e. The Kier molecular flexibility index (Phi) is 5.36. The lowest BCUT2D eigenvalue weighted by Gasteiger charge is -2.10. The average molecular weight is 569 g/mol. The summed E-state index contributed by atoms with van der Waals surface area (Å²) in [6.07, 6.45) is 9.49. The standard InChI is InChI=1S/C37H24N6O/c1-3-12-33-30(11-1)32-17-19-38-23-36(32)42(33)26-22-40-41(24-26)25-8-7-9-27(20-25)44-28-15-16-31-29-10-2-4-13-34(29)43(35(31)21-28)37-14-5-6-18-39-37/h1-24H. The fourth-order valence-electron chi connectivity index (χ4n) is 6.24. The summed E-state index contributed by atoms with van der Waals surface area (Å²) in [4.78, 5) is 9.04. The van der Waals surface area contributed by atoms with Crippen molar-refractivity contribution in [3.05, 3.63) is 146 Å². The van der Waals surface area contributed by atoms with E-state index in [-0.39, 0.29) is 0 Å². The SMILES string of the molecule is c1ccc(-n2c3ccccc3c3ccc(Oc4cccc(-n5cc(-n6c7ccccc7c7ccncc76)cn5)c4)cc32)nc1. The van der Waals surface area contributed by atoms with E-state index in [2.05, 4.69) is 85.8 Å². The molecule has 0 radical (unpaired) electrons. The van der Waals surface area contributed by atoms with E-state index in [0.29, 0.717) is 0 Å². The van der Waals surface area contributed by atoms with E-state index in [1.54, 1.807) is 0 Å². The van der Waals surface area contributed by atoms with Crippen molar-refractivity contribution in [2.24, 2.45) is 0 Å². The molecule has 4 aromatic carbocycles. The van der Waals surface area contributed by atoms with Gasteiger partial charge in [0.1, 0.15) is 17.3 Å². The minimum atomic E-state index is 0.723. The Morgan fingerprint density at radius 2 is 1.25 bits per heavy atom. The van der Waals surface area contributed by atoms with Crippen LogP contribution >= 0.6 is 0 Å². The molecule has 0 amide bonds. The number of rotatable bonds is 5. The van der Waals surface area contributed by atoms with Gasteiger partial charge < -0.3 is 9.30 Å². The van der Waals surface area contributed by atoms with Crippen molar-refractivity contribution in [2.75, 3.05) is 0 Å². The number of hydrogen-bond acceptors (Lipinski definition) is 4. The molecule has 208 valence electrons. The topological polar surface area (TPSA) is 62.7 Å². The summed E-state index contributed by atoms with van der Waals surface area (Å²) >= 11 is 0. The maximum Gasteiger partial charge on any atom is 0.137 e. The van der Waals surface area contributed by atoms with Gasteiger partial charge in [0.05, 0.1) is 52.0 Å². The zero-order chi connectivity index (χ0) is 29.0. The van der Waals surface area contributed by atoms with Crippen molar-refractivity contribution in [2.45, 2.75) is 0 Å². The maximum atomic E-state index is 6.44. The van der Waals surface area contributed by atoms with E-state index in [1.165, 1.54) is 10.8 Å². The molecule has 0 bridgehead atoms.